The summed E-state index contributed by atoms with van der Waals surface area (Å²) in [4.78, 5) is 2.53. The lowest BCUT2D eigenvalue weighted by atomic mass is 9.92. The Kier molecular flexibility index (Phi) is 6.15. The van der Waals surface area contributed by atoms with Crippen molar-refractivity contribution in [3.8, 4) is 0 Å². The number of allylic oxidation sites excluding steroid dienone is 4. The molecule has 1 N–H and O–H groups in total. The first-order chi connectivity index (χ1) is 15.2. The van der Waals surface area contributed by atoms with E-state index >= 15 is 0 Å². The lowest BCUT2D eigenvalue weighted by Gasteiger charge is -2.30. The van der Waals surface area contributed by atoms with E-state index in [4.69, 9.17) is 0 Å². The van der Waals surface area contributed by atoms with E-state index in [1.54, 1.807) is 0 Å². The first-order valence-electron chi connectivity index (χ1n) is 11.8. The molecule has 1 saturated carbocycles. The third-order valence-electron chi connectivity index (χ3n) is 6.77. The highest BCUT2D eigenvalue weighted by Crippen LogP contribution is 2.40. The minimum Gasteiger partial charge on any atom is -0.371 e. The molecule has 1 aromatic heterocycles. The molecule has 1 aromatic carbocycles. The Morgan fingerprint density at radius 3 is 2.68 bits per heavy atom. The molecule has 164 valence electrons. The fourth-order valence-electron chi connectivity index (χ4n) is 4.89. The molecule has 2 aliphatic carbocycles. The van der Waals surface area contributed by atoms with Crippen LogP contribution >= 0.6 is 0 Å². The van der Waals surface area contributed by atoms with E-state index in [-0.39, 0.29) is 6.04 Å². The number of aromatic nitrogens is 1. The van der Waals surface area contributed by atoms with Crippen molar-refractivity contribution in [2.75, 3.05) is 23.7 Å². The van der Waals surface area contributed by atoms with Crippen LogP contribution in [0.1, 0.15) is 57.2 Å². The molecule has 5 heteroatoms. The number of hydrogen-bond donors (Lipinski definition) is 1. The molecule has 31 heavy (non-hydrogen) atoms. The van der Waals surface area contributed by atoms with E-state index in [1.165, 1.54) is 73.1 Å². The van der Waals surface area contributed by atoms with Crippen LogP contribution in [0.2, 0.25) is 0 Å². The Morgan fingerprint density at radius 1 is 1.10 bits per heavy atom. The average molecular weight is 436 g/mol. The van der Waals surface area contributed by atoms with Gasteiger partial charge in [-0.05, 0) is 62.3 Å². The topological polar surface area (TPSA) is 37.3 Å². The molecule has 2 aromatic rings. The molecule has 2 atom stereocenters. The van der Waals surface area contributed by atoms with Crippen molar-refractivity contribution < 1.29 is 4.21 Å². The molecule has 0 bridgehead atoms. The van der Waals surface area contributed by atoms with Crippen LogP contribution < -0.4 is 9.62 Å². The van der Waals surface area contributed by atoms with Gasteiger partial charge in [-0.15, -0.1) is 0 Å². The standard InChI is InChI=1S/C26H33N3OS/c1-2-17-31(30)27-22-8-5-7-20(11-13-22)25-18-21-12-14-24(28-15-3-4-16-28)19-26(21)29(25)23-9-6-10-23/h5,7-8,11-14,18-19,22-23,27H,2-4,6,9-10,15-17H2,1H3. The zero-order chi connectivity index (χ0) is 21.2. The number of nitrogens with zero attached hydrogens (tertiary/aromatic N) is 2. The van der Waals surface area contributed by atoms with Crippen LogP contribution in [0.25, 0.3) is 16.5 Å². The normalized spacial score (nSPS) is 22.5. The average Bonchev–Trinajstić information content (AvgIpc) is 3.32. The number of benzene rings is 1. The minimum atomic E-state index is -0.987. The summed E-state index contributed by atoms with van der Waals surface area (Å²) in [6, 6.07) is 9.96. The molecule has 2 unspecified atom stereocenters. The van der Waals surface area contributed by atoms with Gasteiger partial charge in [0, 0.05) is 41.7 Å². The van der Waals surface area contributed by atoms with Crippen LogP contribution in [-0.2, 0) is 11.0 Å². The molecule has 0 spiro atoms. The molecule has 0 amide bonds. The summed E-state index contributed by atoms with van der Waals surface area (Å²) < 4.78 is 17.9. The Labute approximate surface area is 188 Å². The second kappa shape index (κ2) is 9.17. The maximum Gasteiger partial charge on any atom is 0.0923 e. The van der Waals surface area contributed by atoms with Gasteiger partial charge in [0.2, 0.25) is 0 Å². The smallest absolute Gasteiger partial charge is 0.0923 e. The van der Waals surface area contributed by atoms with Gasteiger partial charge in [0.15, 0.2) is 0 Å². The van der Waals surface area contributed by atoms with E-state index in [2.05, 4.69) is 75.8 Å². The van der Waals surface area contributed by atoms with Gasteiger partial charge in [-0.1, -0.05) is 43.4 Å². The van der Waals surface area contributed by atoms with Crippen LogP contribution in [0.3, 0.4) is 0 Å². The molecule has 2 heterocycles. The first kappa shape index (κ1) is 20.8. The SMILES string of the molecule is CCCS(=O)NC1C=CC=C(c2cc3ccc(N4CCCC4)cc3n2C2CCC2)C=C1. The Bertz CT molecular complexity index is 1050. The van der Waals surface area contributed by atoms with Gasteiger partial charge in [-0.3, -0.25) is 0 Å². The summed E-state index contributed by atoms with van der Waals surface area (Å²) >= 11 is 0. The molecular formula is C26H33N3OS. The van der Waals surface area contributed by atoms with Crippen LogP contribution in [0.15, 0.2) is 54.6 Å². The summed E-state index contributed by atoms with van der Waals surface area (Å²) in [6.07, 6.45) is 18.1. The highest BCUT2D eigenvalue weighted by atomic mass is 32.2. The number of anilines is 1. The van der Waals surface area contributed by atoms with Crippen LogP contribution in [0.5, 0.6) is 0 Å². The summed E-state index contributed by atoms with van der Waals surface area (Å²) in [5.41, 5.74) is 5.26. The van der Waals surface area contributed by atoms with Crippen molar-refractivity contribution in [3.63, 3.8) is 0 Å². The van der Waals surface area contributed by atoms with Crippen molar-refractivity contribution in [3.05, 3.63) is 60.3 Å². The summed E-state index contributed by atoms with van der Waals surface area (Å²) in [5, 5.41) is 1.33. The van der Waals surface area contributed by atoms with Gasteiger partial charge in [0.05, 0.1) is 22.5 Å². The van der Waals surface area contributed by atoms with Crippen molar-refractivity contribution in [2.45, 2.75) is 57.5 Å². The van der Waals surface area contributed by atoms with Gasteiger partial charge < -0.3 is 9.47 Å². The van der Waals surface area contributed by atoms with E-state index < -0.39 is 11.0 Å². The second-order valence-corrected chi connectivity index (χ2v) is 10.3. The van der Waals surface area contributed by atoms with Gasteiger partial charge in [-0.2, -0.15) is 0 Å². The van der Waals surface area contributed by atoms with Gasteiger partial charge in [0.1, 0.15) is 0 Å². The molecule has 4 nitrogen and oxygen atoms in total. The monoisotopic (exact) mass is 435 g/mol. The quantitative estimate of drug-likeness (QED) is 0.623. The molecule has 1 saturated heterocycles. The third-order valence-corrected chi connectivity index (χ3v) is 8.08. The van der Waals surface area contributed by atoms with Crippen molar-refractivity contribution in [1.29, 1.82) is 0 Å². The molecule has 3 aliphatic rings. The predicted molar refractivity (Wildman–Crippen MR) is 133 cm³/mol. The summed E-state index contributed by atoms with van der Waals surface area (Å²) in [5.74, 6) is 0.688. The van der Waals surface area contributed by atoms with Crippen LogP contribution in [0, 0.1) is 0 Å². The number of fused-ring (bicyclic) bond motifs is 1. The highest BCUT2D eigenvalue weighted by Gasteiger charge is 2.25. The second-order valence-electron chi connectivity index (χ2n) is 8.98. The van der Waals surface area contributed by atoms with Gasteiger partial charge in [-0.25, -0.2) is 8.93 Å². The van der Waals surface area contributed by atoms with Crippen molar-refractivity contribution in [2.24, 2.45) is 0 Å². The number of rotatable bonds is 7. The summed E-state index contributed by atoms with van der Waals surface area (Å²) in [7, 11) is -0.987. The van der Waals surface area contributed by atoms with E-state index in [9.17, 15) is 4.21 Å². The van der Waals surface area contributed by atoms with Gasteiger partial charge >= 0.3 is 0 Å². The molecule has 0 radical (unpaired) electrons. The third kappa shape index (κ3) is 4.31. The van der Waals surface area contributed by atoms with E-state index in [1.807, 2.05) is 0 Å². The number of hydrogen-bond acceptors (Lipinski definition) is 2. The predicted octanol–water partition coefficient (Wildman–Crippen LogP) is 5.51. The maximum atomic E-state index is 12.1. The zero-order valence-electron chi connectivity index (χ0n) is 18.4. The molecule has 2 fully saturated rings. The fraction of sp³-hybridized carbons (Fsp3) is 0.462. The first-order valence-corrected chi connectivity index (χ1v) is 13.2. The molecule has 1 aliphatic heterocycles. The zero-order valence-corrected chi connectivity index (χ0v) is 19.2. The highest BCUT2D eigenvalue weighted by molar-refractivity contribution is 7.83. The van der Waals surface area contributed by atoms with Gasteiger partial charge in [0.25, 0.3) is 0 Å². The van der Waals surface area contributed by atoms with Crippen molar-refractivity contribution in [1.82, 2.24) is 9.29 Å². The number of nitrogens with one attached hydrogen (secondary N) is 1. The Balaban J connectivity index is 1.48. The lowest BCUT2D eigenvalue weighted by molar-refractivity contribution is 0.320. The summed E-state index contributed by atoms with van der Waals surface area (Å²) in [6.45, 7) is 4.41. The molecular weight excluding hydrogens is 402 g/mol. The largest absolute Gasteiger partial charge is 0.371 e. The minimum absolute atomic E-state index is 0.00411. The van der Waals surface area contributed by atoms with Crippen LogP contribution in [0.4, 0.5) is 5.69 Å². The molecule has 5 rings (SSSR count). The van der Waals surface area contributed by atoms with Crippen LogP contribution in [-0.4, -0.2) is 33.7 Å². The maximum absolute atomic E-state index is 12.1. The van der Waals surface area contributed by atoms with E-state index in [0.29, 0.717) is 11.8 Å². The Hall–Kier alpha value is -2.11. The fourth-order valence-corrected chi connectivity index (χ4v) is 5.84. The lowest BCUT2D eigenvalue weighted by Crippen LogP contribution is -2.28. The Morgan fingerprint density at radius 2 is 1.94 bits per heavy atom. The van der Waals surface area contributed by atoms with Crippen molar-refractivity contribution >= 4 is 33.1 Å². The van der Waals surface area contributed by atoms with E-state index in [0.717, 1.165) is 6.42 Å².